The zero-order valence-corrected chi connectivity index (χ0v) is 22.2. The fourth-order valence-electron chi connectivity index (χ4n) is 5.44. The summed E-state index contributed by atoms with van der Waals surface area (Å²) < 4.78 is 6.25. The maximum Gasteiger partial charge on any atom is 0.324 e. The molecule has 2 aromatic rings. The molecule has 5 nitrogen and oxygen atoms in total. The average molecular weight is 520 g/mol. The van der Waals surface area contributed by atoms with Crippen molar-refractivity contribution in [3.63, 3.8) is 0 Å². The van der Waals surface area contributed by atoms with Gasteiger partial charge in [0.25, 0.3) is 0 Å². The van der Waals surface area contributed by atoms with Gasteiger partial charge in [-0.15, -0.1) is 0 Å². The van der Waals surface area contributed by atoms with Crippen molar-refractivity contribution < 1.29 is 14.6 Å². The second kappa shape index (κ2) is 11.5. The minimum Gasteiger partial charge on any atom is -0.490 e. The summed E-state index contributed by atoms with van der Waals surface area (Å²) in [5.74, 6) is 0.692. The van der Waals surface area contributed by atoms with E-state index in [9.17, 15) is 9.90 Å². The number of carbonyl (C=O) groups is 1. The predicted molar refractivity (Wildman–Crippen MR) is 142 cm³/mol. The first-order valence-electron chi connectivity index (χ1n) is 12.6. The molecule has 190 valence electrons. The molecule has 2 aliphatic heterocycles. The molecule has 2 aliphatic rings. The first-order valence-corrected chi connectivity index (χ1v) is 13.4. The SMILES string of the molecule is Cc1c(OC2CCN(CC3CCN([C@@](C)(Cc4ccccc4)C(=O)O)CC3)CC2)ccc(Cl)c1Cl. The third-order valence-electron chi connectivity index (χ3n) is 7.80. The highest BCUT2D eigenvalue weighted by Crippen LogP contribution is 2.34. The smallest absolute Gasteiger partial charge is 0.324 e. The van der Waals surface area contributed by atoms with Gasteiger partial charge in [0, 0.05) is 31.6 Å². The number of likely N-dealkylation sites (tertiary alicyclic amines) is 2. The van der Waals surface area contributed by atoms with Gasteiger partial charge in [0.05, 0.1) is 10.0 Å². The van der Waals surface area contributed by atoms with Crippen LogP contribution >= 0.6 is 23.2 Å². The van der Waals surface area contributed by atoms with Crippen molar-refractivity contribution in [3.8, 4) is 5.75 Å². The van der Waals surface area contributed by atoms with Crippen molar-refractivity contribution in [2.75, 3.05) is 32.7 Å². The number of carboxylic acids is 1. The molecule has 0 aliphatic carbocycles. The number of rotatable bonds is 8. The van der Waals surface area contributed by atoms with Crippen molar-refractivity contribution in [2.24, 2.45) is 5.92 Å². The van der Waals surface area contributed by atoms with Crippen molar-refractivity contribution >= 4 is 29.2 Å². The lowest BCUT2D eigenvalue weighted by Gasteiger charge is -2.43. The Balaban J connectivity index is 1.24. The van der Waals surface area contributed by atoms with Crippen LogP contribution in [0.3, 0.4) is 0 Å². The number of halogens is 2. The fraction of sp³-hybridized carbons (Fsp3) is 0.536. The van der Waals surface area contributed by atoms with E-state index < -0.39 is 11.5 Å². The molecule has 0 bridgehead atoms. The summed E-state index contributed by atoms with van der Waals surface area (Å²) in [4.78, 5) is 17.0. The van der Waals surface area contributed by atoms with Crippen LogP contribution < -0.4 is 4.74 Å². The molecule has 2 saturated heterocycles. The van der Waals surface area contributed by atoms with E-state index in [1.165, 1.54) is 0 Å². The van der Waals surface area contributed by atoms with Gasteiger partial charge in [-0.1, -0.05) is 53.5 Å². The molecule has 35 heavy (non-hydrogen) atoms. The van der Waals surface area contributed by atoms with E-state index in [-0.39, 0.29) is 6.10 Å². The lowest BCUT2D eigenvalue weighted by atomic mass is 9.86. The van der Waals surface area contributed by atoms with E-state index in [0.717, 1.165) is 75.3 Å². The second-order valence-corrected chi connectivity index (χ2v) is 11.1. The van der Waals surface area contributed by atoms with Crippen LogP contribution in [0.2, 0.25) is 10.0 Å². The molecule has 4 rings (SSSR count). The Bertz CT molecular complexity index is 1000. The van der Waals surface area contributed by atoms with Crippen molar-refractivity contribution in [1.82, 2.24) is 9.80 Å². The van der Waals surface area contributed by atoms with Crippen LogP contribution in [0.25, 0.3) is 0 Å². The molecule has 0 aromatic heterocycles. The second-order valence-electron chi connectivity index (χ2n) is 10.3. The molecular formula is C28H36Cl2N2O3. The lowest BCUT2D eigenvalue weighted by molar-refractivity contribution is -0.151. The van der Waals surface area contributed by atoms with Gasteiger partial charge < -0.3 is 14.7 Å². The van der Waals surface area contributed by atoms with Crippen LogP contribution in [0.5, 0.6) is 5.75 Å². The molecule has 1 N–H and O–H groups in total. The standard InChI is InChI=1S/C28H36Cl2N2O3/c1-20-25(9-8-24(29)26(20)30)35-23-12-14-31(15-13-23)19-22-10-16-32(17-11-22)28(2,27(33)34)18-21-6-4-3-5-7-21/h3-9,22-23H,10-19H2,1-2H3,(H,33,34)/t28-/m0/s1. The monoisotopic (exact) mass is 518 g/mol. The predicted octanol–water partition coefficient (Wildman–Crippen LogP) is 5.94. The quantitative estimate of drug-likeness (QED) is 0.468. The van der Waals surface area contributed by atoms with Crippen LogP contribution in [0.1, 0.15) is 43.7 Å². The Morgan fingerprint density at radius 2 is 1.69 bits per heavy atom. The van der Waals surface area contributed by atoms with E-state index >= 15 is 0 Å². The summed E-state index contributed by atoms with van der Waals surface area (Å²) in [5, 5.41) is 11.2. The fourth-order valence-corrected chi connectivity index (χ4v) is 5.80. The molecule has 0 saturated carbocycles. The molecule has 1 atom stereocenters. The molecule has 0 amide bonds. The third-order valence-corrected chi connectivity index (χ3v) is 8.70. The van der Waals surface area contributed by atoms with Gasteiger partial charge in [0.2, 0.25) is 0 Å². The van der Waals surface area contributed by atoms with Gasteiger partial charge in [-0.05, 0) is 76.2 Å². The van der Waals surface area contributed by atoms with E-state index in [4.69, 9.17) is 27.9 Å². The van der Waals surface area contributed by atoms with Gasteiger partial charge in [-0.3, -0.25) is 9.69 Å². The molecule has 2 aromatic carbocycles. The van der Waals surface area contributed by atoms with Gasteiger partial charge in [0.1, 0.15) is 17.4 Å². The Kier molecular flexibility index (Phi) is 8.64. The lowest BCUT2D eigenvalue weighted by Crippen LogP contribution is -2.57. The van der Waals surface area contributed by atoms with Gasteiger partial charge in [-0.2, -0.15) is 0 Å². The Hall–Kier alpha value is -1.79. The topological polar surface area (TPSA) is 53.0 Å². The molecule has 7 heteroatoms. The Morgan fingerprint density at radius 1 is 1.03 bits per heavy atom. The number of aliphatic carboxylic acids is 1. The normalized spacial score (nSPS) is 20.5. The molecule has 2 heterocycles. The van der Waals surface area contributed by atoms with Crippen LogP contribution in [0.15, 0.2) is 42.5 Å². The van der Waals surface area contributed by atoms with Crippen LogP contribution in [-0.4, -0.2) is 65.2 Å². The number of nitrogens with zero attached hydrogens (tertiary/aromatic N) is 2. The highest BCUT2D eigenvalue weighted by Gasteiger charge is 2.41. The number of hydrogen-bond acceptors (Lipinski definition) is 4. The zero-order chi connectivity index (χ0) is 25.0. The number of ether oxygens (including phenoxy) is 1. The summed E-state index contributed by atoms with van der Waals surface area (Å²) in [6.07, 6.45) is 4.78. The van der Waals surface area contributed by atoms with Crippen molar-refractivity contribution in [1.29, 1.82) is 0 Å². The summed E-state index contributed by atoms with van der Waals surface area (Å²) in [6.45, 7) is 8.60. The van der Waals surface area contributed by atoms with Crippen molar-refractivity contribution in [2.45, 2.75) is 57.6 Å². The Labute approximate surface area is 219 Å². The van der Waals surface area contributed by atoms with Crippen LogP contribution in [-0.2, 0) is 11.2 Å². The average Bonchev–Trinajstić information content (AvgIpc) is 2.86. The van der Waals surface area contributed by atoms with E-state index in [1.807, 2.05) is 50.2 Å². The molecular weight excluding hydrogens is 483 g/mol. The number of piperidine rings is 2. The summed E-state index contributed by atoms with van der Waals surface area (Å²) in [7, 11) is 0. The first kappa shape index (κ1) is 26.3. The van der Waals surface area contributed by atoms with E-state index in [1.54, 1.807) is 6.07 Å². The van der Waals surface area contributed by atoms with Crippen LogP contribution in [0.4, 0.5) is 0 Å². The Morgan fingerprint density at radius 3 is 2.31 bits per heavy atom. The first-order chi connectivity index (χ1) is 16.8. The summed E-state index contributed by atoms with van der Waals surface area (Å²) in [5.41, 5.74) is 1.10. The molecule has 0 spiro atoms. The van der Waals surface area contributed by atoms with E-state index in [2.05, 4.69) is 9.80 Å². The highest BCUT2D eigenvalue weighted by atomic mass is 35.5. The third kappa shape index (κ3) is 6.32. The minimum atomic E-state index is -0.870. The van der Waals surface area contributed by atoms with Crippen LogP contribution in [0, 0.1) is 12.8 Å². The number of benzene rings is 2. The van der Waals surface area contributed by atoms with Gasteiger partial charge >= 0.3 is 5.97 Å². The van der Waals surface area contributed by atoms with E-state index in [0.29, 0.717) is 22.4 Å². The van der Waals surface area contributed by atoms with Gasteiger partial charge in [-0.25, -0.2) is 0 Å². The maximum atomic E-state index is 12.3. The number of hydrogen-bond donors (Lipinski definition) is 1. The molecule has 0 radical (unpaired) electrons. The minimum absolute atomic E-state index is 0.193. The highest BCUT2D eigenvalue weighted by molar-refractivity contribution is 6.42. The summed E-state index contributed by atoms with van der Waals surface area (Å²) >= 11 is 12.4. The molecule has 0 unspecified atom stereocenters. The van der Waals surface area contributed by atoms with Crippen molar-refractivity contribution in [3.05, 3.63) is 63.6 Å². The largest absolute Gasteiger partial charge is 0.490 e. The number of carboxylic acid groups (broad SMARTS) is 1. The maximum absolute atomic E-state index is 12.3. The zero-order valence-electron chi connectivity index (χ0n) is 20.7. The molecule has 2 fully saturated rings. The van der Waals surface area contributed by atoms with Gasteiger partial charge in [0.15, 0.2) is 0 Å². The summed E-state index contributed by atoms with van der Waals surface area (Å²) in [6, 6.07) is 13.7.